The zero-order chi connectivity index (χ0) is 11.4. The Balaban J connectivity index is 2.27. The van der Waals surface area contributed by atoms with Crippen molar-refractivity contribution in [1.82, 2.24) is 0 Å². The largest absolute Gasteiger partial charge is 0.192 e. The van der Waals surface area contributed by atoms with E-state index in [1.54, 1.807) is 11.8 Å². The van der Waals surface area contributed by atoms with Crippen molar-refractivity contribution in [1.29, 1.82) is 5.26 Å². The molecule has 0 saturated carbocycles. The Bertz CT molecular complexity index is 526. The molecule has 0 spiro atoms. The molecule has 0 atom stereocenters. The lowest BCUT2D eigenvalue weighted by Crippen LogP contribution is -1.82. The predicted octanol–water partition coefficient (Wildman–Crippen LogP) is 4.02. The van der Waals surface area contributed by atoms with Crippen molar-refractivity contribution >= 4 is 11.8 Å². The van der Waals surface area contributed by atoms with Crippen LogP contribution in [0.15, 0.2) is 58.3 Å². The SMILES string of the molecule is Cc1ccc(Sc2ccccc2)cc1C#N. The van der Waals surface area contributed by atoms with Crippen LogP contribution >= 0.6 is 11.8 Å². The van der Waals surface area contributed by atoms with E-state index in [1.165, 1.54) is 4.90 Å². The smallest absolute Gasteiger partial charge is 0.0994 e. The maximum absolute atomic E-state index is 8.95. The molecule has 0 unspecified atom stereocenters. The second-order valence-corrected chi connectivity index (χ2v) is 4.65. The van der Waals surface area contributed by atoms with Crippen molar-refractivity contribution in [3.63, 3.8) is 0 Å². The number of hydrogen-bond acceptors (Lipinski definition) is 2. The molecule has 0 saturated heterocycles. The third-order valence-electron chi connectivity index (χ3n) is 2.31. The standard InChI is InChI=1S/C14H11NS/c1-11-7-8-14(9-12(11)10-15)16-13-5-3-2-4-6-13/h2-9H,1H3. The van der Waals surface area contributed by atoms with Crippen LogP contribution in [0.5, 0.6) is 0 Å². The van der Waals surface area contributed by atoms with Gasteiger partial charge < -0.3 is 0 Å². The maximum Gasteiger partial charge on any atom is 0.0994 e. The first-order valence-electron chi connectivity index (χ1n) is 5.03. The van der Waals surface area contributed by atoms with E-state index in [0.717, 1.165) is 16.0 Å². The van der Waals surface area contributed by atoms with Crippen LogP contribution in [-0.4, -0.2) is 0 Å². The third-order valence-corrected chi connectivity index (χ3v) is 3.31. The number of nitriles is 1. The van der Waals surface area contributed by atoms with Crippen LogP contribution in [0.4, 0.5) is 0 Å². The Morgan fingerprint density at radius 1 is 1.00 bits per heavy atom. The number of aryl methyl sites for hydroxylation is 1. The van der Waals surface area contributed by atoms with Crippen molar-refractivity contribution in [3.05, 3.63) is 59.7 Å². The minimum atomic E-state index is 0.751. The molecular formula is C14H11NS. The second kappa shape index (κ2) is 4.87. The van der Waals surface area contributed by atoms with Crippen molar-refractivity contribution in [2.75, 3.05) is 0 Å². The van der Waals surface area contributed by atoms with Crippen molar-refractivity contribution < 1.29 is 0 Å². The van der Waals surface area contributed by atoms with Gasteiger partial charge in [-0.1, -0.05) is 36.0 Å². The first kappa shape index (κ1) is 10.8. The summed E-state index contributed by atoms with van der Waals surface area (Å²) in [6.45, 7) is 1.95. The van der Waals surface area contributed by atoms with Gasteiger partial charge in [-0.25, -0.2) is 0 Å². The molecule has 1 nitrogen and oxygen atoms in total. The van der Waals surface area contributed by atoms with Crippen LogP contribution in [0.1, 0.15) is 11.1 Å². The normalized spacial score (nSPS) is 9.75. The van der Waals surface area contributed by atoms with E-state index in [0.29, 0.717) is 0 Å². The van der Waals surface area contributed by atoms with Gasteiger partial charge in [0.1, 0.15) is 0 Å². The van der Waals surface area contributed by atoms with E-state index in [2.05, 4.69) is 18.2 Å². The lowest BCUT2D eigenvalue weighted by Gasteiger charge is -2.03. The minimum Gasteiger partial charge on any atom is -0.192 e. The van der Waals surface area contributed by atoms with Crippen LogP contribution in [0, 0.1) is 18.3 Å². The summed E-state index contributed by atoms with van der Waals surface area (Å²) in [6.07, 6.45) is 0. The molecule has 0 bridgehead atoms. The average Bonchev–Trinajstić information content (AvgIpc) is 2.33. The molecule has 2 aromatic carbocycles. The monoisotopic (exact) mass is 225 g/mol. The van der Waals surface area contributed by atoms with Crippen molar-refractivity contribution in [2.24, 2.45) is 0 Å². The lowest BCUT2D eigenvalue weighted by molar-refractivity contribution is 1.32. The van der Waals surface area contributed by atoms with E-state index < -0.39 is 0 Å². The fraction of sp³-hybridized carbons (Fsp3) is 0.0714. The summed E-state index contributed by atoms with van der Waals surface area (Å²) in [6, 6.07) is 18.3. The van der Waals surface area contributed by atoms with Gasteiger partial charge in [0, 0.05) is 9.79 Å². The zero-order valence-corrected chi connectivity index (χ0v) is 9.79. The first-order valence-corrected chi connectivity index (χ1v) is 5.85. The quantitative estimate of drug-likeness (QED) is 0.770. The molecule has 16 heavy (non-hydrogen) atoms. The maximum atomic E-state index is 8.95. The third kappa shape index (κ3) is 2.44. The van der Waals surface area contributed by atoms with Crippen LogP contribution < -0.4 is 0 Å². The predicted molar refractivity (Wildman–Crippen MR) is 66.5 cm³/mol. The van der Waals surface area contributed by atoms with E-state index in [1.807, 2.05) is 43.3 Å². The fourth-order valence-corrected chi connectivity index (χ4v) is 2.29. The van der Waals surface area contributed by atoms with Crippen LogP contribution in [0.25, 0.3) is 0 Å². The molecule has 0 amide bonds. The summed E-state index contributed by atoms with van der Waals surface area (Å²) in [5.41, 5.74) is 1.78. The zero-order valence-electron chi connectivity index (χ0n) is 8.97. The molecule has 0 N–H and O–H groups in total. The highest BCUT2D eigenvalue weighted by atomic mass is 32.2. The molecule has 2 heteroatoms. The van der Waals surface area contributed by atoms with E-state index in [9.17, 15) is 0 Å². The molecule has 0 fully saturated rings. The number of benzene rings is 2. The Hall–Kier alpha value is -1.72. The van der Waals surface area contributed by atoms with Gasteiger partial charge >= 0.3 is 0 Å². The van der Waals surface area contributed by atoms with Crippen LogP contribution in [0.2, 0.25) is 0 Å². The van der Waals surface area contributed by atoms with Crippen LogP contribution in [0.3, 0.4) is 0 Å². The average molecular weight is 225 g/mol. The summed E-state index contributed by atoms with van der Waals surface area (Å²) in [7, 11) is 0. The number of rotatable bonds is 2. The van der Waals surface area contributed by atoms with Gasteiger partial charge in [-0.05, 0) is 36.8 Å². The molecular weight excluding hydrogens is 214 g/mol. The molecule has 0 aliphatic carbocycles. The minimum absolute atomic E-state index is 0.751. The number of hydrogen-bond donors (Lipinski definition) is 0. The molecule has 2 rings (SSSR count). The molecule has 2 aromatic rings. The molecule has 0 aromatic heterocycles. The fourth-order valence-electron chi connectivity index (χ4n) is 1.41. The van der Waals surface area contributed by atoms with Crippen molar-refractivity contribution in [2.45, 2.75) is 16.7 Å². The highest BCUT2D eigenvalue weighted by Crippen LogP contribution is 2.28. The van der Waals surface area contributed by atoms with Gasteiger partial charge in [-0.15, -0.1) is 0 Å². The Kier molecular flexibility index (Phi) is 3.28. The summed E-state index contributed by atoms with van der Waals surface area (Å²) in [5, 5.41) is 8.95. The van der Waals surface area contributed by atoms with E-state index in [-0.39, 0.29) is 0 Å². The molecule has 0 radical (unpaired) electrons. The summed E-state index contributed by atoms with van der Waals surface area (Å²) >= 11 is 1.67. The highest BCUT2D eigenvalue weighted by molar-refractivity contribution is 7.99. The van der Waals surface area contributed by atoms with E-state index in [4.69, 9.17) is 5.26 Å². The van der Waals surface area contributed by atoms with Crippen molar-refractivity contribution in [3.8, 4) is 6.07 Å². The van der Waals surface area contributed by atoms with E-state index >= 15 is 0 Å². The second-order valence-electron chi connectivity index (χ2n) is 3.50. The topological polar surface area (TPSA) is 23.8 Å². The highest BCUT2D eigenvalue weighted by Gasteiger charge is 2.01. The lowest BCUT2D eigenvalue weighted by atomic mass is 10.1. The van der Waals surface area contributed by atoms with Crippen LogP contribution in [-0.2, 0) is 0 Å². The van der Waals surface area contributed by atoms with Gasteiger partial charge in [-0.2, -0.15) is 5.26 Å². The molecule has 0 aliphatic rings. The van der Waals surface area contributed by atoms with Gasteiger partial charge in [0.15, 0.2) is 0 Å². The molecule has 78 valence electrons. The number of nitrogens with zero attached hydrogens (tertiary/aromatic N) is 1. The van der Waals surface area contributed by atoms with Gasteiger partial charge in [0.25, 0.3) is 0 Å². The van der Waals surface area contributed by atoms with Gasteiger partial charge in [0.05, 0.1) is 11.6 Å². The summed E-state index contributed by atoms with van der Waals surface area (Å²) < 4.78 is 0. The van der Waals surface area contributed by atoms with Gasteiger partial charge in [-0.3, -0.25) is 0 Å². The Morgan fingerprint density at radius 3 is 2.44 bits per heavy atom. The Morgan fingerprint density at radius 2 is 1.75 bits per heavy atom. The van der Waals surface area contributed by atoms with Gasteiger partial charge in [0.2, 0.25) is 0 Å². The molecule has 0 aliphatic heterocycles. The first-order chi connectivity index (χ1) is 7.79. The Labute approximate surface area is 99.7 Å². The summed E-state index contributed by atoms with van der Waals surface area (Å²) in [5.74, 6) is 0. The summed E-state index contributed by atoms with van der Waals surface area (Å²) in [4.78, 5) is 2.29. The molecule has 0 heterocycles.